The second kappa shape index (κ2) is 6.88. The highest BCUT2D eigenvalue weighted by Crippen LogP contribution is 2.49. The van der Waals surface area contributed by atoms with Crippen molar-refractivity contribution in [1.82, 2.24) is 4.98 Å². The number of fused-ring (bicyclic) bond motifs is 3. The number of hydrogen-bond acceptors (Lipinski definition) is 3. The molecule has 0 saturated heterocycles. The van der Waals surface area contributed by atoms with Crippen LogP contribution < -0.4 is 10.2 Å². The van der Waals surface area contributed by atoms with E-state index in [2.05, 4.69) is 111 Å². The molecular weight excluding hydrogens is 366 g/mol. The molecule has 1 aliphatic heterocycles. The van der Waals surface area contributed by atoms with Gasteiger partial charge in [0.15, 0.2) is 5.82 Å². The van der Waals surface area contributed by atoms with E-state index < -0.39 is 0 Å². The summed E-state index contributed by atoms with van der Waals surface area (Å²) in [6.07, 6.45) is 0.860. The minimum Gasteiger partial charge on any atom is -0.351 e. The molecule has 0 saturated carbocycles. The maximum atomic E-state index is 5.14. The van der Waals surface area contributed by atoms with Gasteiger partial charge in [-0.1, -0.05) is 60.2 Å². The first-order valence-corrected chi connectivity index (χ1v) is 10.6. The molecule has 1 N–H and O–H groups in total. The fourth-order valence-corrected chi connectivity index (χ4v) is 4.35. The van der Waals surface area contributed by atoms with Gasteiger partial charge in [0.2, 0.25) is 0 Å². The van der Waals surface area contributed by atoms with Gasteiger partial charge < -0.3 is 10.2 Å². The van der Waals surface area contributed by atoms with Crippen LogP contribution in [0.15, 0.2) is 72.8 Å². The van der Waals surface area contributed by atoms with Gasteiger partial charge in [0.05, 0.1) is 22.6 Å². The number of aromatic nitrogens is 1. The van der Waals surface area contributed by atoms with Crippen LogP contribution in [0.4, 0.5) is 22.9 Å². The van der Waals surface area contributed by atoms with Gasteiger partial charge in [0.1, 0.15) is 0 Å². The molecular formula is C27H27N3. The first kappa shape index (κ1) is 18.7. The zero-order valence-corrected chi connectivity index (χ0v) is 18.0. The van der Waals surface area contributed by atoms with Crippen LogP contribution in [0.1, 0.15) is 37.5 Å². The summed E-state index contributed by atoms with van der Waals surface area (Å²) in [6, 6.07) is 25.8. The molecule has 3 heteroatoms. The van der Waals surface area contributed by atoms with E-state index in [9.17, 15) is 0 Å². The van der Waals surface area contributed by atoms with Crippen molar-refractivity contribution in [3.05, 3.63) is 89.5 Å². The number of nitrogens with zero attached hydrogens (tertiary/aromatic N) is 2. The lowest BCUT2D eigenvalue weighted by Crippen LogP contribution is -2.40. The molecule has 0 bridgehead atoms. The smallest absolute Gasteiger partial charge is 0.158 e. The second-order valence-electron chi connectivity index (χ2n) is 9.12. The third-order valence-electron chi connectivity index (χ3n) is 5.77. The Morgan fingerprint density at radius 1 is 0.867 bits per heavy atom. The van der Waals surface area contributed by atoms with Crippen LogP contribution in [0, 0.1) is 6.92 Å². The van der Waals surface area contributed by atoms with Gasteiger partial charge in [-0.15, -0.1) is 0 Å². The molecule has 1 aliphatic rings. The van der Waals surface area contributed by atoms with Crippen molar-refractivity contribution in [2.24, 2.45) is 0 Å². The zero-order chi connectivity index (χ0) is 20.9. The van der Waals surface area contributed by atoms with E-state index in [1.807, 2.05) is 0 Å². The van der Waals surface area contributed by atoms with E-state index in [1.54, 1.807) is 0 Å². The Kier molecular flexibility index (Phi) is 4.28. The molecule has 4 aromatic rings. The lowest BCUT2D eigenvalue weighted by Gasteiger charge is -2.42. The summed E-state index contributed by atoms with van der Waals surface area (Å²) in [5.41, 5.74) is 8.22. The van der Waals surface area contributed by atoms with Gasteiger partial charge >= 0.3 is 0 Å². The van der Waals surface area contributed by atoms with Crippen molar-refractivity contribution < 1.29 is 0 Å². The lowest BCUT2D eigenvalue weighted by atomic mass is 9.95. The zero-order valence-electron chi connectivity index (χ0n) is 18.0. The molecule has 1 aromatic heterocycles. The average molecular weight is 394 g/mol. The highest BCUT2D eigenvalue weighted by Gasteiger charge is 2.33. The molecule has 3 aromatic carbocycles. The monoisotopic (exact) mass is 393 g/mol. The second-order valence-corrected chi connectivity index (χ2v) is 9.12. The predicted octanol–water partition coefficient (Wildman–Crippen LogP) is 7.13. The van der Waals surface area contributed by atoms with Crippen molar-refractivity contribution in [2.45, 2.75) is 39.7 Å². The van der Waals surface area contributed by atoms with Gasteiger partial charge in [-0.25, -0.2) is 4.98 Å². The Morgan fingerprint density at radius 3 is 2.33 bits per heavy atom. The molecule has 0 radical (unpaired) electrons. The lowest BCUT2D eigenvalue weighted by molar-refractivity contribution is 0.555. The van der Waals surface area contributed by atoms with E-state index >= 15 is 0 Å². The van der Waals surface area contributed by atoms with Gasteiger partial charge in [-0.3, -0.25) is 0 Å². The molecule has 2 heterocycles. The molecule has 0 aliphatic carbocycles. The van der Waals surface area contributed by atoms with Crippen LogP contribution in [-0.2, 0) is 6.42 Å². The molecule has 0 spiro atoms. The summed E-state index contributed by atoms with van der Waals surface area (Å²) in [4.78, 5) is 7.52. The third-order valence-corrected chi connectivity index (χ3v) is 5.77. The van der Waals surface area contributed by atoms with Crippen LogP contribution >= 0.6 is 0 Å². The number of nitrogens with one attached hydrogen (secondary N) is 1. The Balaban J connectivity index is 1.78. The van der Waals surface area contributed by atoms with Crippen LogP contribution in [0.25, 0.3) is 10.9 Å². The van der Waals surface area contributed by atoms with E-state index in [0.717, 1.165) is 29.1 Å². The number of benzene rings is 3. The first-order chi connectivity index (χ1) is 14.4. The van der Waals surface area contributed by atoms with E-state index in [0.29, 0.717) is 0 Å². The highest BCUT2D eigenvalue weighted by molar-refractivity contribution is 5.99. The van der Waals surface area contributed by atoms with E-state index in [4.69, 9.17) is 4.98 Å². The number of hydrogen-bond donors (Lipinski definition) is 1. The molecule has 0 unspecified atom stereocenters. The van der Waals surface area contributed by atoms with Crippen molar-refractivity contribution >= 4 is 33.8 Å². The largest absolute Gasteiger partial charge is 0.351 e. The third kappa shape index (κ3) is 3.11. The Labute approximate surface area is 178 Å². The molecule has 3 nitrogen and oxygen atoms in total. The maximum Gasteiger partial charge on any atom is 0.158 e. The first-order valence-electron chi connectivity index (χ1n) is 10.6. The van der Waals surface area contributed by atoms with Crippen molar-refractivity contribution in [2.75, 3.05) is 10.2 Å². The van der Waals surface area contributed by atoms with Crippen molar-refractivity contribution in [1.29, 1.82) is 0 Å². The van der Waals surface area contributed by atoms with Gasteiger partial charge in [0, 0.05) is 17.3 Å². The minimum atomic E-state index is -0.108. The average Bonchev–Trinajstić information content (AvgIpc) is 2.72. The van der Waals surface area contributed by atoms with Crippen molar-refractivity contribution in [3.8, 4) is 0 Å². The number of pyridine rings is 1. The fourth-order valence-electron chi connectivity index (χ4n) is 4.35. The Bertz CT molecular complexity index is 1230. The van der Waals surface area contributed by atoms with E-state index in [1.165, 1.54) is 27.8 Å². The molecule has 150 valence electrons. The summed E-state index contributed by atoms with van der Waals surface area (Å²) >= 11 is 0. The minimum absolute atomic E-state index is 0.108. The quantitative estimate of drug-likeness (QED) is 0.393. The maximum absolute atomic E-state index is 5.14. The molecule has 0 atom stereocenters. The van der Waals surface area contributed by atoms with Crippen LogP contribution in [0.3, 0.4) is 0 Å². The van der Waals surface area contributed by atoms with Crippen molar-refractivity contribution in [3.63, 3.8) is 0 Å². The summed E-state index contributed by atoms with van der Waals surface area (Å²) in [5.74, 6) is 1.00. The summed E-state index contributed by atoms with van der Waals surface area (Å²) < 4.78 is 0. The summed E-state index contributed by atoms with van der Waals surface area (Å²) in [5, 5.41) is 4.94. The fraction of sp³-hybridized carbons (Fsp3) is 0.222. The molecule has 0 amide bonds. The Hall–Kier alpha value is -3.33. The van der Waals surface area contributed by atoms with Gasteiger partial charge in [-0.2, -0.15) is 0 Å². The SMILES string of the molecule is Cc1ccc(Cc2c3c(nc4ccccc24)N(C(C)(C)C)c2ccccc2N3)cc1. The standard InChI is InChI=1S/C27H27N3/c1-18-13-15-19(16-14-18)17-21-20-9-5-6-10-22(20)29-26-25(21)28-23-11-7-8-12-24(23)30(26)27(2,3)4/h5-16,28H,17H2,1-4H3. The number of anilines is 4. The Morgan fingerprint density at radius 2 is 1.57 bits per heavy atom. The van der Waals surface area contributed by atoms with Gasteiger partial charge in [-0.05, 0) is 57.0 Å². The molecule has 30 heavy (non-hydrogen) atoms. The number of rotatable bonds is 2. The predicted molar refractivity (Wildman–Crippen MR) is 127 cm³/mol. The highest BCUT2D eigenvalue weighted by atomic mass is 15.3. The van der Waals surface area contributed by atoms with Crippen LogP contribution in [-0.4, -0.2) is 10.5 Å². The topological polar surface area (TPSA) is 28.2 Å². The molecule has 5 rings (SSSR count). The molecule has 0 fully saturated rings. The summed E-state index contributed by atoms with van der Waals surface area (Å²) in [7, 11) is 0. The summed E-state index contributed by atoms with van der Waals surface area (Å²) in [6.45, 7) is 8.87. The van der Waals surface area contributed by atoms with Gasteiger partial charge in [0.25, 0.3) is 0 Å². The van der Waals surface area contributed by atoms with Crippen LogP contribution in [0.5, 0.6) is 0 Å². The number of aryl methyl sites for hydroxylation is 1. The number of para-hydroxylation sites is 3. The van der Waals surface area contributed by atoms with Crippen LogP contribution in [0.2, 0.25) is 0 Å². The normalized spacial score (nSPS) is 13.0. The van der Waals surface area contributed by atoms with E-state index in [-0.39, 0.29) is 5.54 Å².